The van der Waals surface area contributed by atoms with Crippen LogP contribution < -0.4 is 5.32 Å². The van der Waals surface area contributed by atoms with Crippen molar-refractivity contribution >= 4 is 23.4 Å². The molecule has 0 aromatic carbocycles. The van der Waals surface area contributed by atoms with Gasteiger partial charge in [-0.05, 0) is 37.0 Å². The fourth-order valence-corrected chi connectivity index (χ4v) is 1.79. The Kier molecular flexibility index (Phi) is 4.35. The smallest absolute Gasteiger partial charge is 0.346 e. The fourth-order valence-electron chi connectivity index (χ4n) is 1.06. The van der Waals surface area contributed by atoms with E-state index in [1.807, 2.05) is 25.3 Å². The Morgan fingerprint density at radius 2 is 2.50 bits per heavy atom. The summed E-state index contributed by atoms with van der Waals surface area (Å²) in [6.07, 6.45) is 4.74. The fraction of sp³-hybridized carbons (Fsp3) is 0.300. The molecule has 1 rings (SSSR count). The van der Waals surface area contributed by atoms with Crippen molar-refractivity contribution in [3.05, 3.63) is 28.0 Å². The number of hydrogen-bond donors (Lipinski definition) is 2. The normalized spacial score (nSPS) is 10.9. The lowest BCUT2D eigenvalue weighted by Crippen LogP contribution is -2.05. The summed E-state index contributed by atoms with van der Waals surface area (Å²) in [5.74, 6) is -0.853. The van der Waals surface area contributed by atoms with Gasteiger partial charge >= 0.3 is 5.97 Å². The molecule has 0 aliphatic rings. The summed E-state index contributed by atoms with van der Waals surface area (Å²) in [5, 5.41) is 13.6. The molecule has 0 spiro atoms. The van der Waals surface area contributed by atoms with Gasteiger partial charge in [0.15, 0.2) is 0 Å². The summed E-state index contributed by atoms with van der Waals surface area (Å²) in [4.78, 5) is 11.1. The van der Waals surface area contributed by atoms with E-state index in [9.17, 15) is 4.79 Å². The minimum Gasteiger partial charge on any atom is -0.477 e. The third kappa shape index (κ3) is 2.97. The van der Waals surface area contributed by atoms with Gasteiger partial charge in [0.2, 0.25) is 0 Å². The van der Waals surface area contributed by atoms with Crippen molar-refractivity contribution in [3.8, 4) is 0 Å². The maximum Gasteiger partial charge on any atom is 0.346 e. The average Bonchev–Trinajstić information content (AvgIpc) is 2.60. The van der Waals surface area contributed by atoms with Gasteiger partial charge in [0.05, 0.1) is 0 Å². The molecule has 3 nitrogen and oxygen atoms in total. The molecule has 4 heteroatoms. The number of carboxylic acid groups (broad SMARTS) is 1. The molecule has 0 radical (unpaired) electrons. The summed E-state index contributed by atoms with van der Waals surface area (Å²) < 4.78 is 0. The summed E-state index contributed by atoms with van der Waals surface area (Å²) in [6, 6.07) is 1.82. The lowest BCUT2D eigenvalue weighted by molar-refractivity contribution is 0.0702. The zero-order chi connectivity index (χ0) is 10.4. The summed E-state index contributed by atoms with van der Waals surface area (Å²) in [6.45, 7) is 0.906. The van der Waals surface area contributed by atoms with E-state index in [0.717, 1.165) is 18.5 Å². The van der Waals surface area contributed by atoms with Crippen LogP contribution in [0.1, 0.15) is 21.7 Å². The zero-order valence-corrected chi connectivity index (χ0v) is 8.80. The van der Waals surface area contributed by atoms with Crippen LogP contribution in [-0.4, -0.2) is 24.7 Å². The van der Waals surface area contributed by atoms with Crippen LogP contribution in [0.4, 0.5) is 0 Å². The quantitative estimate of drug-likeness (QED) is 0.733. The third-order valence-corrected chi connectivity index (χ3v) is 2.67. The molecule has 0 atom stereocenters. The topological polar surface area (TPSA) is 49.3 Å². The second-order valence-corrected chi connectivity index (χ2v) is 3.72. The first-order chi connectivity index (χ1) is 6.75. The van der Waals surface area contributed by atoms with Crippen molar-refractivity contribution < 1.29 is 9.90 Å². The number of thiophene rings is 1. The Hall–Kier alpha value is -1.13. The predicted octanol–water partition coefficient (Wildman–Crippen LogP) is 2.07. The minimum absolute atomic E-state index is 0.408. The molecule has 0 bridgehead atoms. The van der Waals surface area contributed by atoms with E-state index >= 15 is 0 Å². The zero-order valence-electron chi connectivity index (χ0n) is 7.99. The van der Waals surface area contributed by atoms with Crippen molar-refractivity contribution in [2.75, 3.05) is 13.6 Å². The Balaban J connectivity index is 2.62. The Morgan fingerprint density at radius 1 is 1.71 bits per heavy atom. The third-order valence-electron chi connectivity index (χ3n) is 1.75. The van der Waals surface area contributed by atoms with E-state index in [0.29, 0.717) is 4.88 Å². The minimum atomic E-state index is -0.853. The van der Waals surface area contributed by atoms with Crippen molar-refractivity contribution in [1.82, 2.24) is 5.32 Å². The molecule has 1 heterocycles. The van der Waals surface area contributed by atoms with E-state index in [2.05, 4.69) is 5.32 Å². The molecule has 1 aromatic heterocycles. The molecular formula is C10H13NO2S. The second-order valence-electron chi connectivity index (χ2n) is 2.80. The van der Waals surface area contributed by atoms with Crippen molar-refractivity contribution in [3.63, 3.8) is 0 Å². The van der Waals surface area contributed by atoms with Gasteiger partial charge in [0, 0.05) is 0 Å². The largest absolute Gasteiger partial charge is 0.477 e. The van der Waals surface area contributed by atoms with Crippen molar-refractivity contribution in [2.24, 2.45) is 0 Å². The highest BCUT2D eigenvalue weighted by molar-refractivity contribution is 7.12. The first kappa shape index (κ1) is 10.9. The van der Waals surface area contributed by atoms with Crippen LogP contribution in [-0.2, 0) is 0 Å². The first-order valence-corrected chi connectivity index (χ1v) is 5.25. The second kappa shape index (κ2) is 5.57. The highest BCUT2D eigenvalue weighted by atomic mass is 32.1. The lowest BCUT2D eigenvalue weighted by atomic mass is 10.2. The standard InChI is InChI=1S/C10H13NO2S/c1-11-6-3-2-4-8-5-7-14-9(8)10(12)13/h2,4-5,7,11H,3,6H2,1H3,(H,12,13). The molecule has 2 N–H and O–H groups in total. The molecule has 0 aliphatic heterocycles. The maximum absolute atomic E-state index is 10.7. The van der Waals surface area contributed by atoms with Gasteiger partial charge in [0.1, 0.15) is 4.88 Å². The van der Waals surface area contributed by atoms with Gasteiger partial charge in [-0.1, -0.05) is 12.2 Å². The average molecular weight is 211 g/mol. The van der Waals surface area contributed by atoms with Crippen molar-refractivity contribution in [1.29, 1.82) is 0 Å². The lowest BCUT2D eigenvalue weighted by Gasteiger charge is -1.93. The number of nitrogens with one attached hydrogen (secondary N) is 1. The van der Waals surface area contributed by atoms with Crippen LogP contribution >= 0.6 is 11.3 Å². The van der Waals surface area contributed by atoms with E-state index in [-0.39, 0.29) is 0 Å². The number of carboxylic acids is 1. The van der Waals surface area contributed by atoms with Crippen LogP contribution in [0.5, 0.6) is 0 Å². The maximum atomic E-state index is 10.7. The van der Waals surface area contributed by atoms with Crippen LogP contribution in [0, 0.1) is 0 Å². The van der Waals surface area contributed by atoms with Crippen LogP contribution in [0.15, 0.2) is 17.5 Å². The Morgan fingerprint density at radius 3 is 3.14 bits per heavy atom. The SMILES string of the molecule is CNCCC=Cc1ccsc1C(=O)O. The highest BCUT2D eigenvalue weighted by Crippen LogP contribution is 2.18. The first-order valence-electron chi connectivity index (χ1n) is 4.37. The molecule has 0 saturated heterocycles. The number of carbonyl (C=O) groups is 1. The van der Waals surface area contributed by atoms with E-state index in [1.165, 1.54) is 11.3 Å². The molecule has 14 heavy (non-hydrogen) atoms. The summed E-state index contributed by atoms with van der Waals surface area (Å²) >= 11 is 1.26. The number of hydrogen-bond acceptors (Lipinski definition) is 3. The molecule has 76 valence electrons. The van der Waals surface area contributed by atoms with E-state index < -0.39 is 5.97 Å². The van der Waals surface area contributed by atoms with Crippen molar-refractivity contribution in [2.45, 2.75) is 6.42 Å². The van der Waals surface area contributed by atoms with Gasteiger partial charge in [-0.2, -0.15) is 0 Å². The molecule has 0 aliphatic carbocycles. The molecule has 0 amide bonds. The molecule has 0 fully saturated rings. The van der Waals surface area contributed by atoms with Gasteiger partial charge in [-0.3, -0.25) is 0 Å². The van der Waals surface area contributed by atoms with Crippen LogP contribution in [0.25, 0.3) is 6.08 Å². The van der Waals surface area contributed by atoms with Crippen LogP contribution in [0.3, 0.4) is 0 Å². The van der Waals surface area contributed by atoms with Gasteiger partial charge in [0.25, 0.3) is 0 Å². The molecule has 0 saturated carbocycles. The van der Waals surface area contributed by atoms with Crippen LogP contribution in [0.2, 0.25) is 0 Å². The van der Waals surface area contributed by atoms with Gasteiger partial charge in [-0.25, -0.2) is 4.79 Å². The molecular weight excluding hydrogens is 198 g/mol. The monoisotopic (exact) mass is 211 g/mol. The van der Waals surface area contributed by atoms with E-state index in [1.54, 1.807) is 5.38 Å². The molecule has 0 unspecified atom stereocenters. The highest BCUT2D eigenvalue weighted by Gasteiger charge is 2.08. The van der Waals surface area contributed by atoms with E-state index in [4.69, 9.17) is 5.11 Å². The van der Waals surface area contributed by atoms with Gasteiger partial charge in [-0.15, -0.1) is 11.3 Å². The predicted molar refractivity (Wildman–Crippen MR) is 58.9 cm³/mol. The number of aromatic carboxylic acids is 1. The summed E-state index contributed by atoms with van der Waals surface area (Å²) in [5.41, 5.74) is 0.790. The summed E-state index contributed by atoms with van der Waals surface area (Å²) in [7, 11) is 1.89. The molecule has 1 aromatic rings. The Bertz CT molecular complexity index is 331. The number of rotatable bonds is 5. The Labute approximate surface area is 87.1 Å². The van der Waals surface area contributed by atoms with Gasteiger partial charge < -0.3 is 10.4 Å².